The Labute approximate surface area is 85.6 Å². The standard InChI is InChI=1S/C8H9O6P/c1-13-6-2-4-7(5-3-6)14-8(9)15(10,11)12/h2-5H,1H3,(H2,10,11,12). The Hall–Kier alpha value is -1.36. The van der Waals surface area contributed by atoms with Gasteiger partial charge < -0.3 is 19.3 Å². The number of hydrogen-bond donors (Lipinski definition) is 2. The molecule has 15 heavy (non-hydrogen) atoms. The smallest absolute Gasteiger partial charge is 0.433 e. The van der Waals surface area contributed by atoms with Gasteiger partial charge in [0.25, 0.3) is 0 Å². The van der Waals surface area contributed by atoms with E-state index in [0.29, 0.717) is 5.75 Å². The summed E-state index contributed by atoms with van der Waals surface area (Å²) in [5.41, 5.74) is -1.58. The number of methoxy groups -OCH3 is 1. The van der Waals surface area contributed by atoms with Crippen molar-refractivity contribution in [3.63, 3.8) is 0 Å². The highest BCUT2D eigenvalue weighted by Gasteiger charge is 2.28. The van der Waals surface area contributed by atoms with Crippen LogP contribution in [-0.2, 0) is 4.57 Å². The first-order chi connectivity index (χ1) is 6.93. The minimum atomic E-state index is -4.83. The highest BCUT2D eigenvalue weighted by Crippen LogP contribution is 2.37. The molecular formula is C8H9O6P. The highest BCUT2D eigenvalue weighted by atomic mass is 31.2. The zero-order valence-corrected chi connectivity index (χ0v) is 8.68. The summed E-state index contributed by atoms with van der Waals surface area (Å²) in [5.74, 6) is 0.593. The molecule has 82 valence electrons. The first-order valence-electron chi connectivity index (χ1n) is 3.85. The molecule has 0 unspecified atom stereocenters. The maximum Gasteiger partial charge on any atom is 0.433 e. The van der Waals surface area contributed by atoms with E-state index in [0.717, 1.165) is 0 Å². The number of carbonyl (C=O) groups excluding carboxylic acids is 1. The lowest BCUT2D eigenvalue weighted by molar-refractivity contribution is 0.213. The molecule has 0 aromatic heterocycles. The predicted molar refractivity (Wildman–Crippen MR) is 51.1 cm³/mol. The van der Waals surface area contributed by atoms with E-state index in [9.17, 15) is 9.36 Å². The van der Waals surface area contributed by atoms with Gasteiger partial charge in [0.1, 0.15) is 11.5 Å². The Kier molecular flexibility index (Phi) is 3.47. The molecule has 0 saturated carbocycles. The summed E-state index contributed by atoms with van der Waals surface area (Å²) in [6.45, 7) is 0. The summed E-state index contributed by atoms with van der Waals surface area (Å²) in [6.07, 6.45) is 0. The number of ether oxygens (including phenoxy) is 2. The Bertz CT molecular complexity index is 392. The van der Waals surface area contributed by atoms with Crippen molar-refractivity contribution >= 4 is 13.3 Å². The van der Waals surface area contributed by atoms with E-state index in [4.69, 9.17) is 14.5 Å². The fourth-order valence-electron chi connectivity index (χ4n) is 0.804. The highest BCUT2D eigenvalue weighted by molar-refractivity contribution is 7.69. The fraction of sp³-hybridized carbons (Fsp3) is 0.125. The third kappa shape index (κ3) is 3.36. The second-order valence-electron chi connectivity index (χ2n) is 2.59. The molecule has 2 N–H and O–H groups in total. The Morgan fingerprint density at radius 2 is 1.67 bits per heavy atom. The second-order valence-corrected chi connectivity index (χ2v) is 4.04. The molecule has 1 aromatic carbocycles. The average Bonchev–Trinajstić information content (AvgIpc) is 2.17. The number of hydrogen-bond acceptors (Lipinski definition) is 4. The van der Waals surface area contributed by atoms with Crippen LogP contribution in [0.25, 0.3) is 0 Å². The second kappa shape index (κ2) is 4.44. The van der Waals surface area contributed by atoms with Gasteiger partial charge in [-0.25, -0.2) is 9.36 Å². The maximum atomic E-state index is 10.8. The lowest BCUT2D eigenvalue weighted by Crippen LogP contribution is -2.05. The molecule has 6 nitrogen and oxygen atoms in total. The van der Waals surface area contributed by atoms with Crippen LogP contribution in [0.4, 0.5) is 4.79 Å². The van der Waals surface area contributed by atoms with Crippen molar-refractivity contribution in [3.8, 4) is 11.5 Å². The molecule has 0 spiro atoms. The molecule has 1 aromatic rings. The fourth-order valence-corrected chi connectivity index (χ4v) is 1.03. The number of carbonyl (C=O) groups is 1. The van der Waals surface area contributed by atoms with E-state index in [-0.39, 0.29) is 5.75 Å². The lowest BCUT2D eigenvalue weighted by atomic mass is 10.3. The van der Waals surface area contributed by atoms with Gasteiger partial charge in [-0.2, -0.15) is 0 Å². The summed E-state index contributed by atoms with van der Waals surface area (Å²) in [5, 5.41) is 0. The van der Waals surface area contributed by atoms with E-state index in [1.54, 1.807) is 0 Å². The van der Waals surface area contributed by atoms with Gasteiger partial charge in [0.15, 0.2) is 0 Å². The van der Waals surface area contributed by atoms with E-state index < -0.39 is 13.3 Å². The zero-order valence-electron chi connectivity index (χ0n) is 7.78. The quantitative estimate of drug-likeness (QED) is 0.764. The van der Waals surface area contributed by atoms with Gasteiger partial charge in [0, 0.05) is 0 Å². The van der Waals surface area contributed by atoms with Gasteiger partial charge in [-0.05, 0) is 24.3 Å². The van der Waals surface area contributed by atoms with Crippen LogP contribution < -0.4 is 9.47 Å². The number of rotatable bonds is 3. The van der Waals surface area contributed by atoms with Crippen molar-refractivity contribution < 1.29 is 28.6 Å². The van der Waals surface area contributed by atoms with E-state index in [2.05, 4.69) is 4.74 Å². The SMILES string of the molecule is COc1ccc(OC(=O)P(=O)(O)O)cc1. The molecule has 0 bridgehead atoms. The van der Waals surface area contributed by atoms with Crippen LogP contribution in [0.15, 0.2) is 24.3 Å². The summed E-state index contributed by atoms with van der Waals surface area (Å²) < 4.78 is 19.7. The molecule has 1 rings (SSSR count). The van der Waals surface area contributed by atoms with Gasteiger partial charge >= 0.3 is 13.3 Å². The molecule has 0 fully saturated rings. The van der Waals surface area contributed by atoms with Crippen molar-refractivity contribution in [1.82, 2.24) is 0 Å². The van der Waals surface area contributed by atoms with Crippen LogP contribution >= 0.6 is 7.60 Å². The van der Waals surface area contributed by atoms with Crippen molar-refractivity contribution in [3.05, 3.63) is 24.3 Å². The lowest BCUT2D eigenvalue weighted by Gasteiger charge is -2.05. The van der Waals surface area contributed by atoms with Gasteiger partial charge in [0.2, 0.25) is 0 Å². The molecule has 7 heteroatoms. The van der Waals surface area contributed by atoms with Gasteiger partial charge in [-0.3, -0.25) is 0 Å². The largest absolute Gasteiger partial charge is 0.497 e. The summed E-state index contributed by atoms with van der Waals surface area (Å²) >= 11 is 0. The van der Waals surface area contributed by atoms with Crippen LogP contribution in [0.5, 0.6) is 11.5 Å². The third-order valence-electron chi connectivity index (χ3n) is 1.50. The monoisotopic (exact) mass is 232 g/mol. The molecule has 0 aliphatic rings. The first kappa shape index (κ1) is 11.7. The predicted octanol–water partition coefficient (Wildman–Crippen LogP) is 1.37. The molecule has 0 aliphatic heterocycles. The molecule has 0 aliphatic carbocycles. The summed E-state index contributed by atoms with van der Waals surface area (Å²) in [7, 11) is -3.36. The molecular weight excluding hydrogens is 223 g/mol. The Morgan fingerprint density at radius 1 is 1.20 bits per heavy atom. The van der Waals surface area contributed by atoms with Gasteiger partial charge in [-0.15, -0.1) is 0 Å². The van der Waals surface area contributed by atoms with E-state index in [1.165, 1.54) is 31.4 Å². The zero-order chi connectivity index (χ0) is 11.5. The van der Waals surface area contributed by atoms with Crippen LogP contribution in [0.2, 0.25) is 0 Å². The maximum absolute atomic E-state index is 10.8. The first-order valence-corrected chi connectivity index (χ1v) is 5.46. The van der Waals surface area contributed by atoms with Gasteiger partial charge in [0.05, 0.1) is 7.11 Å². The van der Waals surface area contributed by atoms with Crippen LogP contribution in [0.1, 0.15) is 0 Å². The minimum absolute atomic E-state index is 0.0455. The van der Waals surface area contributed by atoms with Gasteiger partial charge in [-0.1, -0.05) is 0 Å². The normalized spacial score (nSPS) is 10.9. The van der Waals surface area contributed by atoms with E-state index >= 15 is 0 Å². The molecule has 0 saturated heterocycles. The van der Waals surface area contributed by atoms with Crippen molar-refractivity contribution in [2.45, 2.75) is 0 Å². The van der Waals surface area contributed by atoms with Crippen molar-refractivity contribution in [2.75, 3.05) is 7.11 Å². The summed E-state index contributed by atoms with van der Waals surface area (Å²) in [6, 6.07) is 5.74. The molecule has 0 amide bonds. The Morgan fingerprint density at radius 3 is 2.07 bits per heavy atom. The molecule has 0 atom stereocenters. The van der Waals surface area contributed by atoms with E-state index in [1.807, 2.05) is 0 Å². The van der Waals surface area contributed by atoms with Crippen molar-refractivity contribution in [2.24, 2.45) is 0 Å². The van der Waals surface area contributed by atoms with Crippen LogP contribution in [0.3, 0.4) is 0 Å². The third-order valence-corrected chi connectivity index (χ3v) is 2.07. The van der Waals surface area contributed by atoms with Crippen LogP contribution in [0, 0.1) is 0 Å². The summed E-state index contributed by atoms with van der Waals surface area (Å²) in [4.78, 5) is 27.7. The molecule has 0 radical (unpaired) electrons. The number of benzene rings is 1. The van der Waals surface area contributed by atoms with Crippen molar-refractivity contribution in [1.29, 1.82) is 0 Å². The minimum Gasteiger partial charge on any atom is -0.497 e. The average molecular weight is 232 g/mol. The Balaban J connectivity index is 2.74. The topological polar surface area (TPSA) is 93.1 Å². The molecule has 0 heterocycles. The van der Waals surface area contributed by atoms with Crippen LogP contribution in [-0.4, -0.2) is 22.6 Å².